The van der Waals surface area contributed by atoms with E-state index < -0.39 is 0 Å². The molecule has 78 valence electrons. The molecule has 0 saturated carbocycles. The summed E-state index contributed by atoms with van der Waals surface area (Å²) < 4.78 is 4.81. The molecule has 0 amide bonds. The molecule has 0 aliphatic rings. The largest absolute Gasteiger partial charge is 0.378 e. The number of fused-ring (bicyclic) bond motifs is 1. The quantitative estimate of drug-likeness (QED) is 0.701. The van der Waals surface area contributed by atoms with Gasteiger partial charge in [0.25, 0.3) is 5.56 Å². The minimum Gasteiger partial charge on any atom is -0.378 e. The molecule has 14 heavy (non-hydrogen) atoms. The number of aromatic amines is 1. The second-order valence-electron chi connectivity index (χ2n) is 2.03. The van der Waals surface area contributed by atoms with Crippen LogP contribution < -0.4 is 5.56 Å². The number of para-hydroxylation sites is 1. The number of rotatable bonds is 0. The summed E-state index contributed by atoms with van der Waals surface area (Å²) in [7, 11) is 0. The van der Waals surface area contributed by atoms with Gasteiger partial charge in [-0.15, -0.1) is 0 Å². The molecule has 0 saturated heterocycles. The lowest BCUT2D eigenvalue weighted by Crippen LogP contribution is -1.95. The van der Waals surface area contributed by atoms with Crippen molar-refractivity contribution in [2.45, 2.75) is 27.7 Å². The smallest absolute Gasteiger partial charge is 0.287 e. The van der Waals surface area contributed by atoms with Gasteiger partial charge in [-0.05, 0) is 12.1 Å². The maximum absolute atomic E-state index is 10.8. The fourth-order valence-electron chi connectivity index (χ4n) is 0.900. The van der Waals surface area contributed by atoms with E-state index in [-0.39, 0.29) is 5.56 Å². The SMILES string of the molecule is CC.CC.O=c1[nH]oc2ccccc12. The molecule has 0 bridgehead atoms. The van der Waals surface area contributed by atoms with E-state index in [0.29, 0.717) is 11.0 Å². The maximum Gasteiger partial charge on any atom is 0.287 e. The second kappa shape index (κ2) is 6.95. The topological polar surface area (TPSA) is 46.0 Å². The molecule has 0 aliphatic carbocycles. The van der Waals surface area contributed by atoms with Crippen molar-refractivity contribution in [1.29, 1.82) is 0 Å². The Morgan fingerprint density at radius 3 is 2.21 bits per heavy atom. The fourth-order valence-corrected chi connectivity index (χ4v) is 0.900. The first-order valence-corrected chi connectivity index (χ1v) is 4.94. The lowest BCUT2D eigenvalue weighted by atomic mass is 10.3. The van der Waals surface area contributed by atoms with Crippen LogP contribution in [-0.4, -0.2) is 5.16 Å². The van der Waals surface area contributed by atoms with Crippen LogP contribution in [0.25, 0.3) is 11.0 Å². The fraction of sp³-hybridized carbons (Fsp3) is 0.364. The molecule has 1 aromatic carbocycles. The van der Waals surface area contributed by atoms with Gasteiger partial charge in [0.2, 0.25) is 0 Å². The Labute approximate surface area is 83.7 Å². The van der Waals surface area contributed by atoms with Crippen LogP contribution in [0, 0.1) is 0 Å². The van der Waals surface area contributed by atoms with Gasteiger partial charge in [0, 0.05) is 0 Å². The first-order valence-electron chi connectivity index (χ1n) is 4.94. The summed E-state index contributed by atoms with van der Waals surface area (Å²) in [5.41, 5.74) is 0.433. The van der Waals surface area contributed by atoms with Crippen molar-refractivity contribution >= 4 is 11.0 Å². The summed E-state index contributed by atoms with van der Waals surface area (Å²) in [6, 6.07) is 7.08. The predicted molar refractivity (Wildman–Crippen MR) is 59.5 cm³/mol. The minimum atomic E-state index is -0.171. The van der Waals surface area contributed by atoms with Crippen LogP contribution in [0.4, 0.5) is 0 Å². The number of nitrogens with one attached hydrogen (secondary N) is 1. The van der Waals surface area contributed by atoms with Crippen molar-refractivity contribution in [2.24, 2.45) is 0 Å². The van der Waals surface area contributed by atoms with Crippen molar-refractivity contribution in [2.75, 3.05) is 0 Å². The highest BCUT2D eigenvalue weighted by Gasteiger charge is 1.98. The average molecular weight is 195 g/mol. The molecule has 3 nitrogen and oxygen atoms in total. The van der Waals surface area contributed by atoms with Gasteiger partial charge in [-0.25, -0.2) is 0 Å². The highest BCUT2D eigenvalue weighted by atomic mass is 16.5. The third-order valence-corrected chi connectivity index (χ3v) is 1.39. The summed E-state index contributed by atoms with van der Waals surface area (Å²) >= 11 is 0. The Morgan fingerprint density at radius 1 is 1.07 bits per heavy atom. The van der Waals surface area contributed by atoms with E-state index in [1.165, 1.54) is 0 Å². The zero-order valence-corrected chi connectivity index (χ0v) is 9.13. The lowest BCUT2D eigenvalue weighted by molar-refractivity contribution is 0.449. The first kappa shape index (κ1) is 12.5. The Hall–Kier alpha value is -1.51. The summed E-state index contributed by atoms with van der Waals surface area (Å²) in [5, 5.41) is 2.85. The van der Waals surface area contributed by atoms with Gasteiger partial charge in [-0.3, -0.25) is 4.79 Å². The molecule has 1 heterocycles. The summed E-state index contributed by atoms with van der Waals surface area (Å²) in [4.78, 5) is 10.8. The normalized spacial score (nSPS) is 8.29. The van der Waals surface area contributed by atoms with Gasteiger partial charge in [0.05, 0.1) is 5.39 Å². The molecule has 2 rings (SSSR count). The zero-order chi connectivity index (χ0) is 11.0. The van der Waals surface area contributed by atoms with E-state index in [4.69, 9.17) is 4.52 Å². The average Bonchev–Trinajstić information content (AvgIpc) is 2.67. The number of hydrogen-bond donors (Lipinski definition) is 1. The molecular formula is C11H17NO2. The van der Waals surface area contributed by atoms with Crippen molar-refractivity contribution in [3.05, 3.63) is 34.6 Å². The Kier molecular flexibility index (Phi) is 6.20. The first-order chi connectivity index (χ1) is 6.88. The van der Waals surface area contributed by atoms with Crippen molar-refractivity contribution in [1.82, 2.24) is 5.16 Å². The van der Waals surface area contributed by atoms with Crippen molar-refractivity contribution in [3.8, 4) is 0 Å². The van der Waals surface area contributed by atoms with E-state index in [2.05, 4.69) is 5.16 Å². The van der Waals surface area contributed by atoms with Crippen LogP contribution in [0.1, 0.15) is 27.7 Å². The third kappa shape index (κ3) is 2.76. The van der Waals surface area contributed by atoms with Gasteiger partial charge in [-0.2, -0.15) is 5.16 Å². The summed E-state index contributed by atoms with van der Waals surface area (Å²) in [5.74, 6) is 0. The van der Waals surface area contributed by atoms with E-state index in [9.17, 15) is 4.79 Å². The number of H-pyrrole nitrogens is 1. The van der Waals surface area contributed by atoms with Crippen LogP contribution >= 0.6 is 0 Å². The molecule has 0 aliphatic heterocycles. The summed E-state index contributed by atoms with van der Waals surface area (Å²) in [6.07, 6.45) is 0. The van der Waals surface area contributed by atoms with Gasteiger partial charge in [0.1, 0.15) is 0 Å². The molecule has 2 aromatic rings. The molecule has 0 fully saturated rings. The molecule has 0 atom stereocenters. The lowest BCUT2D eigenvalue weighted by Gasteiger charge is -1.78. The van der Waals surface area contributed by atoms with Crippen LogP contribution in [0.5, 0.6) is 0 Å². The minimum absolute atomic E-state index is 0.171. The standard InChI is InChI=1S/C7H5NO2.2C2H6/c9-7-5-3-1-2-4-6(5)10-8-7;2*1-2/h1-4H,(H,8,9);2*1-2H3. The van der Waals surface area contributed by atoms with Gasteiger partial charge >= 0.3 is 0 Å². The molecule has 1 N–H and O–H groups in total. The second-order valence-corrected chi connectivity index (χ2v) is 2.03. The van der Waals surface area contributed by atoms with Crippen molar-refractivity contribution < 1.29 is 4.52 Å². The van der Waals surface area contributed by atoms with E-state index in [1.807, 2.05) is 33.8 Å². The van der Waals surface area contributed by atoms with Gasteiger partial charge < -0.3 is 4.52 Å². The van der Waals surface area contributed by atoms with E-state index in [0.717, 1.165) is 0 Å². The number of benzene rings is 1. The van der Waals surface area contributed by atoms with Crippen molar-refractivity contribution in [3.63, 3.8) is 0 Å². The molecule has 0 unspecified atom stereocenters. The molecule has 1 aromatic heterocycles. The summed E-state index contributed by atoms with van der Waals surface area (Å²) in [6.45, 7) is 8.00. The van der Waals surface area contributed by atoms with Crippen LogP contribution in [-0.2, 0) is 0 Å². The Bertz CT molecular complexity index is 401. The van der Waals surface area contributed by atoms with Crippen LogP contribution in [0.3, 0.4) is 0 Å². The Morgan fingerprint density at radius 2 is 1.64 bits per heavy atom. The van der Waals surface area contributed by atoms with Crippen LogP contribution in [0.2, 0.25) is 0 Å². The molecule has 0 radical (unpaired) electrons. The highest BCUT2D eigenvalue weighted by Crippen LogP contribution is 2.05. The molecule has 0 spiro atoms. The molecule has 3 heteroatoms. The van der Waals surface area contributed by atoms with E-state index in [1.54, 1.807) is 18.2 Å². The van der Waals surface area contributed by atoms with Crippen LogP contribution in [0.15, 0.2) is 33.6 Å². The van der Waals surface area contributed by atoms with Gasteiger partial charge in [0.15, 0.2) is 5.58 Å². The maximum atomic E-state index is 10.8. The highest BCUT2D eigenvalue weighted by molar-refractivity contribution is 5.75. The number of aromatic nitrogens is 1. The monoisotopic (exact) mass is 195 g/mol. The third-order valence-electron chi connectivity index (χ3n) is 1.39. The number of hydrogen-bond acceptors (Lipinski definition) is 2. The van der Waals surface area contributed by atoms with E-state index >= 15 is 0 Å². The zero-order valence-electron chi connectivity index (χ0n) is 9.13. The molecular weight excluding hydrogens is 178 g/mol. The van der Waals surface area contributed by atoms with Gasteiger partial charge in [-0.1, -0.05) is 39.8 Å². The Balaban J connectivity index is 0.000000379. The predicted octanol–water partition coefficient (Wildman–Crippen LogP) is 3.17.